The molecular formula is C48H51N4NaO18. The van der Waals surface area contributed by atoms with E-state index in [1.165, 1.54) is 39.7 Å². The number of carbonyl (C=O) groups is 6. The predicted octanol–water partition coefficient (Wildman–Crippen LogP) is 3.50. The van der Waals surface area contributed by atoms with E-state index in [4.69, 9.17) is 21.2 Å². The minimum absolute atomic E-state index is 0. The van der Waals surface area contributed by atoms with Gasteiger partial charge in [0.05, 0.1) is 48.8 Å². The summed E-state index contributed by atoms with van der Waals surface area (Å²) in [5, 5.41) is 37.0. The van der Waals surface area contributed by atoms with E-state index in [0.29, 0.717) is 32.7 Å². The van der Waals surface area contributed by atoms with Crippen molar-refractivity contribution in [2.45, 2.75) is 22.3 Å². The van der Waals surface area contributed by atoms with Crippen molar-refractivity contribution in [1.82, 2.24) is 15.0 Å². The number of nitrogens with zero attached hydrogens (tertiary/aromatic N) is 2. The zero-order chi connectivity index (χ0) is 48.9. The number of carboxylic acid groups (broad SMARTS) is 1. The number of carboxylic acids is 1. The summed E-state index contributed by atoms with van der Waals surface area (Å²) in [7, 11) is 4.65. The third-order valence-electron chi connectivity index (χ3n) is 8.42. The molecule has 1 aliphatic rings. The number of aromatic amines is 2. The van der Waals surface area contributed by atoms with E-state index in [-0.39, 0.29) is 109 Å². The maximum Gasteiger partial charge on any atom is 1.00 e. The van der Waals surface area contributed by atoms with E-state index < -0.39 is 41.4 Å². The number of aromatic hydroxyl groups is 2. The number of hydrogen-bond acceptors (Lipinski definition) is 18. The first kappa shape index (κ1) is 66.8. The Morgan fingerprint density at radius 2 is 1.14 bits per heavy atom. The van der Waals surface area contributed by atoms with Gasteiger partial charge in [0.2, 0.25) is 0 Å². The molecule has 0 atom stereocenters. The first-order valence-corrected chi connectivity index (χ1v) is 18.4. The van der Waals surface area contributed by atoms with Gasteiger partial charge in [-0.2, -0.15) is 0 Å². The number of carbonyl (C=O) groups excluding carboxylic acids is 5. The monoisotopic (exact) mass is 994 g/mol. The number of methoxy groups -OCH3 is 3. The van der Waals surface area contributed by atoms with Crippen LogP contribution in [0.5, 0.6) is 11.5 Å². The van der Waals surface area contributed by atoms with E-state index in [2.05, 4.69) is 38.7 Å². The quantitative estimate of drug-likeness (QED) is 0.0472. The van der Waals surface area contributed by atoms with Gasteiger partial charge in [0.15, 0.2) is 29.3 Å². The van der Waals surface area contributed by atoms with Gasteiger partial charge in [-0.15, -0.1) is 0 Å². The first-order chi connectivity index (χ1) is 31.7. The topological polar surface area (TPSA) is 346 Å². The maximum absolute atomic E-state index is 11.6. The molecule has 0 amide bonds. The molecule has 1 aliphatic heterocycles. The number of aromatic carboxylic acids is 1. The summed E-state index contributed by atoms with van der Waals surface area (Å²) in [5.74, 6) is -4.24. The molecule has 4 heterocycles. The molecule has 71 heavy (non-hydrogen) atoms. The molecular weight excluding hydrogens is 944 g/mol. The van der Waals surface area contributed by atoms with Crippen molar-refractivity contribution in [1.29, 1.82) is 0 Å². The second-order valence-electron chi connectivity index (χ2n) is 12.3. The van der Waals surface area contributed by atoms with E-state index in [9.17, 15) is 48.6 Å². The van der Waals surface area contributed by atoms with Gasteiger partial charge in [0.1, 0.15) is 5.75 Å². The van der Waals surface area contributed by atoms with Gasteiger partial charge >= 0.3 is 71.9 Å². The third kappa shape index (κ3) is 17.5. The average Bonchev–Trinajstić information content (AvgIpc) is 3.96. The van der Waals surface area contributed by atoms with Gasteiger partial charge in [-0.05, 0) is 30.3 Å². The number of benzene rings is 4. The molecule has 3 aromatic heterocycles. The number of fused-ring (bicyclic) bond motifs is 3. The van der Waals surface area contributed by atoms with E-state index in [0.717, 1.165) is 13.5 Å². The Kier molecular flexibility index (Phi) is 31.2. The molecule has 0 spiro atoms. The maximum atomic E-state index is 11.6. The van der Waals surface area contributed by atoms with Gasteiger partial charge in [-0.1, -0.05) is 89.0 Å². The van der Waals surface area contributed by atoms with E-state index in [1.54, 1.807) is 84.9 Å². The number of H-pyrrole nitrogens is 2. The molecule has 8 rings (SSSR count). The second-order valence-corrected chi connectivity index (χ2v) is 12.3. The molecule has 372 valence electrons. The van der Waals surface area contributed by atoms with E-state index in [1.807, 2.05) is 0 Å². The van der Waals surface area contributed by atoms with Crippen LogP contribution in [0.1, 0.15) is 74.3 Å². The number of cyclic esters (lactones) is 2. The molecule has 0 fully saturated rings. The molecule has 0 radical (unpaired) electrons. The van der Waals surface area contributed by atoms with Crippen molar-refractivity contribution < 1.29 is 108 Å². The fraction of sp³-hybridized carbons (Fsp3) is 0.167. The summed E-state index contributed by atoms with van der Waals surface area (Å²) in [6, 6.07) is 26.1. The predicted molar refractivity (Wildman–Crippen MR) is 254 cm³/mol. The summed E-state index contributed by atoms with van der Waals surface area (Å²) in [6.07, 6.45) is 2.37. The fourth-order valence-corrected chi connectivity index (χ4v) is 5.42. The number of nitrogens with one attached hydrogen (secondary N) is 2. The smallest absolute Gasteiger partial charge is 0.870 e. The molecule has 0 unspecified atom stereocenters. The van der Waals surface area contributed by atoms with Crippen LogP contribution < -0.4 is 40.7 Å². The van der Waals surface area contributed by atoms with Crippen LogP contribution in [0, 0.1) is 6.57 Å². The molecule has 0 bridgehead atoms. The van der Waals surface area contributed by atoms with Crippen molar-refractivity contribution in [2.24, 2.45) is 0 Å². The van der Waals surface area contributed by atoms with Crippen molar-refractivity contribution in [2.75, 3.05) is 35.0 Å². The van der Waals surface area contributed by atoms with Crippen LogP contribution in [0.25, 0.3) is 37.7 Å². The van der Waals surface area contributed by atoms with Gasteiger partial charge in [0, 0.05) is 29.6 Å². The number of oxazole rings is 1. The Bertz CT molecular complexity index is 3010. The van der Waals surface area contributed by atoms with Gasteiger partial charge in [-0.3, -0.25) is 9.59 Å². The zero-order valence-electron chi connectivity index (χ0n) is 36.5. The van der Waals surface area contributed by atoms with Crippen LogP contribution in [-0.4, -0.2) is 112 Å². The Hall–Kier alpha value is -8.46. The number of ether oxygens (including phenoxy) is 4. The summed E-state index contributed by atoms with van der Waals surface area (Å²) in [4.78, 5) is 99.5. The number of aliphatic hydroxyl groups excluding tert-OH is 1. The molecule has 22 nitrogen and oxygen atoms in total. The normalized spacial score (nSPS) is 9.63. The molecule has 0 saturated carbocycles. The van der Waals surface area contributed by atoms with Crippen LogP contribution >= 0.6 is 0 Å². The van der Waals surface area contributed by atoms with Crippen LogP contribution in [-0.2, 0) is 23.7 Å². The second kappa shape index (κ2) is 33.1. The summed E-state index contributed by atoms with van der Waals surface area (Å²) in [5.41, 5.74) is 0.131. The summed E-state index contributed by atoms with van der Waals surface area (Å²) < 4.78 is 22.6. The number of pyridine rings is 2. The molecule has 23 heteroatoms. The van der Waals surface area contributed by atoms with Crippen LogP contribution in [0.2, 0.25) is 0 Å². The molecule has 0 aliphatic carbocycles. The molecule has 4 aromatic carbocycles. The van der Waals surface area contributed by atoms with E-state index >= 15 is 0 Å². The minimum atomic E-state index is -1.11. The number of rotatable bonds is 5. The number of aliphatic hydroxyl groups is 1. The van der Waals surface area contributed by atoms with Crippen molar-refractivity contribution in [3.05, 3.63) is 170 Å². The SMILES string of the molecule is C.C.C.CO.COC(=O)c1[nH]c(=O)c2ccccc2c1O.COC(=O)c1ncoc1-c1ccccc1C(=O)O.O=C1OC(=O)c2ccccc21.O=c1[nH]cc(O)c2ccccc12.[C-]#[N+]CC(=O)OC.[Na+].[OH-]. The standard InChI is InChI=1S/C12H9NO5.C11H9NO4.C9H7NO2.C8H4O3.C4H5NO2.CH4O.3CH4.Na.H2O/c1-17-12(16)9-10(18-6-13-9)7-4-2-3-5-8(7)11(14)15;1-16-11(15)8-9(13)6-4-2-3-5-7(6)10(14)12-8;11-8-5-10-9(12)7-4-2-1-3-6(7)8;9-7-5-3-1-2-4-6(5)8(10)11-7;1-5-3-4(6)7-2;1-2;;;;;/h2-6H,1H3,(H,14,15);2-5,13H,1H3,(H,12,14);1-5,11H,(H,10,12);1-4H;3H2,2H3;2H,1H3;3*1H4;;1H2/q;;;;;;;;;+1;/p-1. The first-order valence-electron chi connectivity index (χ1n) is 18.4. The van der Waals surface area contributed by atoms with Gasteiger partial charge in [0.25, 0.3) is 11.1 Å². The third-order valence-corrected chi connectivity index (χ3v) is 8.42. The summed E-state index contributed by atoms with van der Waals surface area (Å²) >= 11 is 0. The molecule has 7 aromatic rings. The number of esters is 5. The Balaban J connectivity index is -0.000000813. The van der Waals surface area contributed by atoms with Crippen LogP contribution in [0.15, 0.2) is 124 Å². The Morgan fingerprint density at radius 1 is 0.676 bits per heavy atom. The number of hydrogen-bond donors (Lipinski definition) is 6. The van der Waals surface area contributed by atoms with Crippen LogP contribution in [0.4, 0.5) is 0 Å². The summed E-state index contributed by atoms with van der Waals surface area (Å²) in [6.45, 7) is 5.99. The average molecular weight is 995 g/mol. The Morgan fingerprint density at radius 3 is 1.61 bits per heavy atom. The van der Waals surface area contributed by atoms with Crippen LogP contribution in [0.3, 0.4) is 0 Å². The van der Waals surface area contributed by atoms with Gasteiger partial charge < -0.3 is 64.1 Å². The van der Waals surface area contributed by atoms with Crippen molar-refractivity contribution in [3.8, 4) is 22.8 Å². The number of aromatic nitrogens is 3. The Labute approximate surface area is 427 Å². The van der Waals surface area contributed by atoms with Crippen molar-refractivity contribution in [3.63, 3.8) is 0 Å². The zero-order valence-corrected chi connectivity index (χ0v) is 38.5. The molecule has 0 saturated heterocycles. The largest absolute Gasteiger partial charge is 1.00 e. The molecule has 7 N–H and O–H groups in total. The van der Waals surface area contributed by atoms with Gasteiger partial charge in [-0.25, -0.2) is 40.3 Å². The van der Waals surface area contributed by atoms with Crippen molar-refractivity contribution >= 4 is 57.4 Å². The minimum Gasteiger partial charge on any atom is -0.870 e. The fourth-order valence-electron chi connectivity index (χ4n) is 5.42.